The third-order valence-electron chi connectivity index (χ3n) is 4.31. The van der Waals surface area contributed by atoms with Gasteiger partial charge in [0.25, 0.3) is 0 Å². The fraction of sp³-hybridized carbons (Fsp3) is 0.588. The molecule has 1 heterocycles. The van der Waals surface area contributed by atoms with Gasteiger partial charge in [0.1, 0.15) is 11.5 Å². The molecule has 2 N–H and O–H groups in total. The van der Waals surface area contributed by atoms with Crippen molar-refractivity contribution in [3.05, 3.63) is 23.8 Å². The number of hydrogen-bond acceptors (Lipinski definition) is 4. The predicted octanol–water partition coefficient (Wildman–Crippen LogP) is 2.40. The Morgan fingerprint density at radius 1 is 1.35 bits per heavy atom. The fourth-order valence-corrected chi connectivity index (χ4v) is 3.10. The molecule has 1 aromatic carbocycles. The van der Waals surface area contributed by atoms with Crippen molar-refractivity contribution in [3.8, 4) is 11.5 Å². The first-order valence-corrected chi connectivity index (χ1v) is 7.82. The van der Waals surface area contributed by atoms with Crippen LogP contribution in [-0.2, 0) is 11.2 Å². The molecule has 0 aliphatic carbocycles. The van der Waals surface area contributed by atoms with Gasteiger partial charge in [-0.15, -0.1) is 12.4 Å². The van der Waals surface area contributed by atoms with Crippen LogP contribution < -0.4 is 15.2 Å². The summed E-state index contributed by atoms with van der Waals surface area (Å²) in [5.74, 6) is 1.54. The van der Waals surface area contributed by atoms with Crippen molar-refractivity contribution in [1.82, 2.24) is 4.90 Å². The molecule has 2 rings (SSSR count). The Labute approximate surface area is 144 Å². The second kappa shape index (κ2) is 8.99. The van der Waals surface area contributed by atoms with Crippen molar-refractivity contribution in [1.29, 1.82) is 0 Å². The number of ether oxygens (including phenoxy) is 2. The first-order chi connectivity index (χ1) is 10.6. The number of hydrogen-bond donors (Lipinski definition) is 1. The van der Waals surface area contributed by atoms with Crippen LogP contribution in [0.1, 0.15) is 31.7 Å². The van der Waals surface area contributed by atoms with E-state index in [9.17, 15) is 4.79 Å². The minimum atomic E-state index is -0.00328. The monoisotopic (exact) mass is 342 g/mol. The summed E-state index contributed by atoms with van der Waals surface area (Å²) < 4.78 is 10.6. The molecule has 1 aromatic rings. The Bertz CT molecular complexity index is 523. The van der Waals surface area contributed by atoms with Gasteiger partial charge in [0.05, 0.1) is 20.6 Å². The molecule has 5 nitrogen and oxygen atoms in total. The lowest BCUT2D eigenvalue weighted by Gasteiger charge is -2.38. The Morgan fingerprint density at radius 2 is 2.09 bits per heavy atom. The topological polar surface area (TPSA) is 64.8 Å². The smallest absolute Gasteiger partial charge is 0.227 e. The van der Waals surface area contributed by atoms with Crippen molar-refractivity contribution in [2.75, 3.05) is 20.8 Å². The molecular weight excluding hydrogens is 316 g/mol. The number of carbonyl (C=O) groups is 1. The molecule has 1 aliphatic rings. The van der Waals surface area contributed by atoms with E-state index in [1.165, 1.54) is 0 Å². The lowest BCUT2D eigenvalue weighted by atomic mass is 9.96. The van der Waals surface area contributed by atoms with E-state index in [1.54, 1.807) is 14.2 Å². The van der Waals surface area contributed by atoms with E-state index < -0.39 is 0 Å². The maximum atomic E-state index is 12.7. The highest BCUT2D eigenvalue weighted by Crippen LogP contribution is 2.26. The largest absolute Gasteiger partial charge is 0.497 e. The number of halogens is 1. The van der Waals surface area contributed by atoms with Gasteiger partial charge in [-0.2, -0.15) is 0 Å². The summed E-state index contributed by atoms with van der Waals surface area (Å²) in [5, 5.41) is 0. The van der Waals surface area contributed by atoms with Crippen LogP contribution in [-0.4, -0.2) is 43.7 Å². The molecular formula is C17H27ClN2O3. The molecule has 1 saturated heterocycles. The van der Waals surface area contributed by atoms with Crippen molar-refractivity contribution in [2.24, 2.45) is 5.73 Å². The molecule has 0 radical (unpaired) electrons. The van der Waals surface area contributed by atoms with Crippen LogP contribution in [0.25, 0.3) is 0 Å². The van der Waals surface area contributed by atoms with Gasteiger partial charge in [-0.1, -0.05) is 0 Å². The lowest BCUT2D eigenvalue weighted by Crippen LogP contribution is -2.52. The first-order valence-electron chi connectivity index (χ1n) is 7.82. The average molecular weight is 343 g/mol. The van der Waals surface area contributed by atoms with E-state index in [4.69, 9.17) is 15.2 Å². The molecule has 1 aliphatic heterocycles. The van der Waals surface area contributed by atoms with Crippen molar-refractivity contribution < 1.29 is 14.3 Å². The third-order valence-corrected chi connectivity index (χ3v) is 4.31. The fourth-order valence-electron chi connectivity index (χ4n) is 3.10. The van der Waals surface area contributed by atoms with Crippen LogP contribution in [0.4, 0.5) is 0 Å². The molecule has 0 saturated carbocycles. The number of likely N-dealkylation sites (tertiary alicyclic amines) is 1. The maximum absolute atomic E-state index is 12.7. The van der Waals surface area contributed by atoms with E-state index in [0.29, 0.717) is 12.2 Å². The van der Waals surface area contributed by atoms with Crippen LogP contribution in [0.2, 0.25) is 0 Å². The Kier molecular flexibility index (Phi) is 7.65. The van der Waals surface area contributed by atoms with Crippen LogP contribution in [0.15, 0.2) is 18.2 Å². The molecule has 130 valence electrons. The van der Waals surface area contributed by atoms with Crippen molar-refractivity contribution in [3.63, 3.8) is 0 Å². The van der Waals surface area contributed by atoms with Crippen LogP contribution in [0.3, 0.4) is 0 Å². The van der Waals surface area contributed by atoms with E-state index in [0.717, 1.165) is 37.1 Å². The van der Waals surface area contributed by atoms with Crippen LogP contribution >= 0.6 is 12.4 Å². The number of nitrogens with zero attached hydrogens (tertiary/aromatic N) is 1. The molecule has 1 amide bonds. The highest BCUT2D eigenvalue weighted by molar-refractivity contribution is 5.85. The second-order valence-corrected chi connectivity index (χ2v) is 5.86. The number of piperidine rings is 1. The Morgan fingerprint density at radius 3 is 2.70 bits per heavy atom. The van der Waals surface area contributed by atoms with E-state index in [1.807, 2.05) is 30.0 Å². The van der Waals surface area contributed by atoms with E-state index >= 15 is 0 Å². The summed E-state index contributed by atoms with van der Waals surface area (Å²) >= 11 is 0. The minimum absolute atomic E-state index is 0. The normalized spacial score (nSPS) is 18.8. The summed E-state index contributed by atoms with van der Waals surface area (Å²) in [6, 6.07) is 5.66. The van der Waals surface area contributed by atoms with E-state index in [-0.39, 0.29) is 30.4 Å². The average Bonchev–Trinajstić information content (AvgIpc) is 2.54. The molecule has 23 heavy (non-hydrogen) atoms. The molecule has 0 spiro atoms. The van der Waals surface area contributed by atoms with Gasteiger partial charge in [-0.3, -0.25) is 4.79 Å². The number of benzene rings is 1. The van der Waals surface area contributed by atoms with Crippen LogP contribution in [0, 0.1) is 0 Å². The SMILES string of the molecule is COc1ccc(OC)c(CC(=O)N2CCCCC2C(C)N)c1.Cl. The Hall–Kier alpha value is -1.46. The number of methoxy groups -OCH3 is 2. The van der Waals surface area contributed by atoms with Gasteiger partial charge in [-0.05, 0) is 44.4 Å². The molecule has 0 aromatic heterocycles. The number of amides is 1. The molecule has 2 unspecified atom stereocenters. The summed E-state index contributed by atoms with van der Waals surface area (Å²) in [6.45, 7) is 2.76. The predicted molar refractivity (Wildman–Crippen MR) is 93.5 cm³/mol. The van der Waals surface area contributed by atoms with Crippen molar-refractivity contribution in [2.45, 2.75) is 44.7 Å². The van der Waals surface area contributed by atoms with Crippen molar-refractivity contribution >= 4 is 18.3 Å². The first kappa shape index (κ1) is 19.6. The second-order valence-electron chi connectivity index (χ2n) is 5.86. The highest BCUT2D eigenvalue weighted by atomic mass is 35.5. The molecule has 1 fully saturated rings. The quantitative estimate of drug-likeness (QED) is 0.892. The zero-order valence-corrected chi connectivity index (χ0v) is 14.9. The summed E-state index contributed by atoms with van der Waals surface area (Å²) in [6.07, 6.45) is 3.48. The number of rotatable bonds is 5. The number of nitrogens with two attached hydrogens (primary N) is 1. The lowest BCUT2D eigenvalue weighted by molar-refractivity contribution is -0.134. The number of carbonyl (C=O) groups excluding carboxylic acids is 1. The summed E-state index contributed by atoms with van der Waals surface area (Å²) in [5.41, 5.74) is 6.90. The maximum Gasteiger partial charge on any atom is 0.227 e. The Balaban J connectivity index is 0.00000264. The van der Waals surface area contributed by atoms with Crippen LogP contribution in [0.5, 0.6) is 11.5 Å². The van der Waals surface area contributed by atoms with Gasteiger partial charge in [0, 0.05) is 24.2 Å². The standard InChI is InChI=1S/C17H26N2O3.ClH/c1-12(18)15-6-4-5-9-19(15)17(20)11-13-10-14(21-2)7-8-16(13)22-3;/h7-8,10,12,15H,4-6,9,11,18H2,1-3H3;1H. The molecule has 0 bridgehead atoms. The van der Waals surface area contributed by atoms with Gasteiger partial charge in [0.15, 0.2) is 0 Å². The molecule has 2 atom stereocenters. The van der Waals surface area contributed by atoms with Gasteiger partial charge in [0.2, 0.25) is 5.91 Å². The molecule has 6 heteroatoms. The van der Waals surface area contributed by atoms with Gasteiger partial charge >= 0.3 is 0 Å². The zero-order chi connectivity index (χ0) is 16.1. The van der Waals surface area contributed by atoms with Gasteiger partial charge < -0.3 is 20.1 Å². The summed E-state index contributed by atoms with van der Waals surface area (Å²) in [4.78, 5) is 14.7. The highest BCUT2D eigenvalue weighted by Gasteiger charge is 2.29. The zero-order valence-electron chi connectivity index (χ0n) is 14.1. The third kappa shape index (κ3) is 4.75. The van der Waals surface area contributed by atoms with E-state index in [2.05, 4.69) is 0 Å². The minimum Gasteiger partial charge on any atom is -0.497 e. The van der Waals surface area contributed by atoms with Gasteiger partial charge in [-0.25, -0.2) is 0 Å². The summed E-state index contributed by atoms with van der Waals surface area (Å²) in [7, 11) is 3.23.